The van der Waals surface area contributed by atoms with Crippen molar-refractivity contribution in [2.45, 2.75) is 31.8 Å². The Morgan fingerprint density at radius 2 is 1.69 bits per heavy atom. The van der Waals surface area contributed by atoms with Crippen LogP contribution in [0.1, 0.15) is 52.5 Å². The van der Waals surface area contributed by atoms with Crippen molar-refractivity contribution >= 4 is 11.8 Å². The number of fused-ring (bicyclic) bond motifs is 1. The van der Waals surface area contributed by atoms with Gasteiger partial charge >= 0.3 is 0 Å². The Morgan fingerprint density at radius 3 is 2.31 bits per heavy atom. The van der Waals surface area contributed by atoms with Gasteiger partial charge in [0.25, 0.3) is 5.91 Å². The Morgan fingerprint density at radius 1 is 1.00 bits per heavy atom. The Bertz CT molecular complexity index is 1210. The zero-order chi connectivity index (χ0) is 25.7. The quantitative estimate of drug-likeness (QED) is 0.487. The molecule has 0 saturated heterocycles. The minimum atomic E-state index is -0.656. The lowest BCUT2D eigenvalue weighted by molar-refractivity contribution is -0.124. The fourth-order valence-electron chi connectivity index (χ4n) is 4.80. The molecule has 8 nitrogen and oxygen atoms in total. The second-order valence-corrected chi connectivity index (χ2v) is 8.51. The van der Waals surface area contributed by atoms with Gasteiger partial charge in [0.05, 0.1) is 45.5 Å². The maximum Gasteiger partial charge on any atom is 0.254 e. The van der Waals surface area contributed by atoms with Crippen molar-refractivity contribution in [3.63, 3.8) is 0 Å². The molecule has 4 rings (SSSR count). The molecule has 0 radical (unpaired) electrons. The third-order valence-corrected chi connectivity index (χ3v) is 6.38. The highest BCUT2D eigenvalue weighted by Gasteiger charge is 2.44. The van der Waals surface area contributed by atoms with E-state index in [9.17, 15) is 9.59 Å². The molecule has 0 aliphatic carbocycles. The molecule has 188 valence electrons. The van der Waals surface area contributed by atoms with Gasteiger partial charge in [-0.3, -0.25) is 14.6 Å². The molecule has 1 aliphatic heterocycles. The summed E-state index contributed by atoms with van der Waals surface area (Å²) in [5, 5.41) is 3.04. The number of methoxy groups -OCH3 is 3. The normalized spacial score (nSPS) is 16.8. The molecule has 0 fully saturated rings. The third-order valence-electron chi connectivity index (χ3n) is 6.38. The van der Waals surface area contributed by atoms with Gasteiger partial charge in [0.15, 0.2) is 11.5 Å². The lowest BCUT2D eigenvalue weighted by Crippen LogP contribution is -2.47. The second kappa shape index (κ2) is 11.1. The minimum Gasteiger partial charge on any atom is -0.493 e. The lowest BCUT2D eigenvalue weighted by Gasteiger charge is -2.42. The number of carbonyl (C=O) groups excluding carboxylic acids is 2. The van der Waals surface area contributed by atoms with E-state index in [4.69, 9.17) is 14.2 Å². The molecule has 0 spiro atoms. The van der Waals surface area contributed by atoms with Gasteiger partial charge in [-0.25, -0.2) is 0 Å². The van der Waals surface area contributed by atoms with Crippen LogP contribution in [0, 0.1) is 0 Å². The summed E-state index contributed by atoms with van der Waals surface area (Å²) in [7, 11) is 4.63. The predicted molar refractivity (Wildman–Crippen MR) is 135 cm³/mol. The van der Waals surface area contributed by atoms with Crippen molar-refractivity contribution in [3.8, 4) is 17.2 Å². The smallest absolute Gasteiger partial charge is 0.254 e. The Balaban J connectivity index is 1.85. The number of nitrogens with one attached hydrogen (secondary N) is 1. The van der Waals surface area contributed by atoms with Crippen LogP contribution in [0.15, 0.2) is 60.8 Å². The first-order chi connectivity index (χ1) is 17.5. The number of amides is 2. The summed E-state index contributed by atoms with van der Waals surface area (Å²) in [4.78, 5) is 33.6. The summed E-state index contributed by atoms with van der Waals surface area (Å²) < 4.78 is 16.7. The molecular weight excluding hydrogens is 458 g/mol. The van der Waals surface area contributed by atoms with E-state index in [0.717, 1.165) is 17.7 Å². The van der Waals surface area contributed by atoms with E-state index in [2.05, 4.69) is 10.3 Å². The highest BCUT2D eigenvalue weighted by molar-refractivity contribution is 6.01. The first-order valence-corrected chi connectivity index (χ1v) is 11.9. The molecule has 36 heavy (non-hydrogen) atoms. The van der Waals surface area contributed by atoms with Crippen molar-refractivity contribution in [2.24, 2.45) is 0 Å². The van der Waals surface area contributed by atoms with Gasteiger partial charge < -0.3 is 24.4 Å². The SMILES string of the molecule is CCCN1C(=O)c2ccccc2[C@@H](C(=O)NCc2ccccn2)[C@H]1c1cc(OC)c(OC)c(OC)c1. The summed E-state index contributed by atoms with van der Waals surface area (Å²) in [6.07, 6.45) is 2.43. The van der Waals surface area contributed by atoms with Gasteiger partial charge in [0.1, 0.15) is 0 Å². The van der Waals surface area contributed by atoms with E-state index in [-0.39, 0.29) is 18.4 Å². The zero-order valence-corrected chi connectivity index (χ0v) is 21.0. The van der Waals surface area contributed by atoms with Crippen LogP contribution in [-0.2, 0) is 11.3 Å². The van der Waals surface area contributed by atoms with Crippen molar-refractivity contribution in [1.82, 2.24) is 15.2 Å². The van der Waals surface area contributed by atoms with E-state index in [1.807, 2.05) is 55.5 Å². The topological polar surface area (TPSA) is 90.0 Å². The molecule has 0 saturated carbocycles. The number of nitrogens with zero attached hydrogens (tertiary/aromatic N) is 2. The van der Waals surface area contributed by atoms with Crippen molar-refractivity contribution in [1.29, 1.82) is 0 Å². The fourth-order valence-corrected chi connectivity index (χ4v) is 4.80. The van der Waals surface area contributed by atoms with Crippen LogP contribution in [0.4, 0.5) is 0 Å². The van der Waals surface area contributed by atoms with Crippen molar-refractivity contribution < 1.29 is 23.8 Å². The summed E-state index contributed by atoms with van der Waals surface area (Å²) in [6.45, 7) is 2.77. The van der Waals surface area contributed by atoms with Gasteiger partial charge in [-0.05, 0) is 47.9 Å². The number of rotatable bonds is 9. The number of benzene rings is 2. The van der Waals surface area contributed by atoms with Crippen LogP contribution < -0.4 is 19.5 Å². The van der Waals surface area contributed by atoms with Crippen LogP contribution in [0.5, 0.6) is 17.2 Å². The molecule has 0 unspecified atom stereocenters. The van der Waals surface area contributed by atoms with Gasteiger partial charge in [-0.1, -0.05) is 31.2 Å². The third kappa shape index (κ3) is 4.71. The number of hydrogen-bond donors (Lipinski definition) is 1. The molecule has 8 heteroatoms. The lowest BCUT2D eigenvalue weighted by atomic mass is 9.79. The number of aromatic nitrogens is 1. The van der Waals surface area contributed by atoms with E-state index in [1.54, 1.807) is 31.4 Å². The monoisotopic (exact) mass is 489 g/mol. The average Bonchev–Trinajstić information content (AvgIpc) is 2.92. The maximum atomic E-state index is 13.8. The standard InChI is InChI=1S/C28H31N3O5/c1-5-14-31-25(18-15-22(34-2)26(36-4)23(16-18)35-3)24(20-11-6-7-12-21(20)28(31)33)27(32)30-17-19-10-8-9-13-29-19/h6-13,15-16,24-25H,5,14,17H2,1-4H3,(H,30,32)/t24-,25-/m1/s1. The summed E-state index contributed by atoms with van der Waals surface area (Å²) in [6, 6.07) is 15.9. The molecule has 1 aromatic heterocycles. The van der Waals surface area contributed by atoms with Crippen LogP contribution >= 0.6 is 0 Å². The van der Waals surface area contributed by atoms with Crippen molar-refractivity contribution in [3.05, 3.63) is 83.2 Å². The van der Waals surface area contributed by atoms with Crippen LogP contribution in [-0.4, -0.2) is 49.6 Å². The molecule has 2 aromatic carbocycles. The zero-order valence-electron chi connectivity index (χ0n) is 21.0. The molecule has 0 bridgehead atoms. The highest BCUT2D eigenvalue weighted by Crippen LogP contribution is 2.47. The minimum absolute atomic E-state index is 0.111. The molecule has 3 aromatic rings. The Kier molecular flexibility index (Phi) is 7.73. The van der Waals surface area contributed by atoms with E-state index < -0.39 is 12.0 Å². The number of ether oxygens (including phenoxy) is 3. The summed E-state index contributed by atoms with van der Waals surface area (Å²) in [5.41, 5.74) is 2.69. The van der Waals surface area contributed by atoms with E-state index in [1.165, 1.54) is 7.11 Å². The molecule has 2 atom stereocenters. The van der Waals surface area contributed by atoms with Gasteiger partial charge in [-0.2, -0.15) is 0 Å². The van der Waals surface area contributed by atoms with Crippen molar-refractivity contribution in [2.75, 3.05) is 27.9 Å². The number of hydrogen-bond acceptors (Lipinski definition) is 6. The first kappa shape index (κ1) is 25.0. The van der Waals surface area contributed by atoms with Gasteiger partial charge in [0, 0.05) is 18.3 Å². The number of carbonyl (C=O) groups is 2. The first-order valence-electron chi connectivity index (χ1n) is 11.9. The van der Waals surface area contributed by atoms with E-state index >= 15 is 0 Å². The van der Waals surface area contributed by atoms with Crippen LogP contribution in [0.25, 0.3) is 0 Å². The van der Waals surface area contributed by atoms with Gasteiger partial charge in [0.2, 0.25) is 11.7 Å². The average molecular weight is 490 g/mol. The van der Waals surface area contributed by atoms with Crippen LogP contribution in [0.3, 0.4) is 0 Å². The fraction of sp³-hybridized carbons (Fsp3) is 0.321. The molecule has 2 heterocycles. The van der Waals surface area contributed by atoms with Crippen LogP contribution in [0.2, 0.25) is 0 Å². The summed E-state index contributed by atoms with van der Waals surface area (Å²) >= 11 is 0. The maximum absolute atomic E-state index is 13.8. The van der Waals surface area contributed by atoms with Gasteiger partial charge in [-0.15, -0.1) is 0 Å². The molecule has 1 N–H and O–H groups in total. The Hall–Kier alpha value is -4.07. The molecule has 2 amide bonds. The highest BCUT2D eigenvalue weighted by atomic mass is 16.5. The van der Waals surface area contributed by atoms with E-state index in [0.29, 0.717) is 34.9 Å². The largest absolute Gasteiger partial charge is 0.493 e. The summed E-state index contributed by atoms with van der Waals surface area (Å²) in [5.74, 6) is 0.409. The Labute approximate surface area is 211 Å². The number of pyridine rings is 1. The second-order valence-electron chi connectivity index (χ2n) is 8.51. The molecular formula is C28H31N3O5. The predicted octanol–water partition coefficient (Wildman–Crippen LogP) is 4.11. The molecule has 1 aliphatic rings.